The zero-order chi connectivity index (χ0) is 30.7. The molecule has 3 atom stereocenters. The molecule has 0 amide bonds. The fraction of sp³-hybridized carbons (Fsp3) is 0.935. The summed E-state index contributed by atoms with van der Waals surface area (Å²) in [6.45, 7) is 14.2. The Balaban J connectivity index is 3.62. The molecule has 0 heterocycles. The monoisotopic (exact) mass is 593 g/mol. The smallest absolute Gasteiger partial charge is 0.387 e. The molecule has 0 aromatic heterocycles. The number of nitrogens with zero attached hydrogens (tertiary/aromatic N) is 1. The van der Waals surface area contributed by atoms with Gasteiger partial charge in [0.2, 0.25) is 0 Å². The number of phosphoric acid groups is 1. The highest BCUT2D eigenvalue weighted by Gasteiger charge is 2.30. The zero-order valence-corrected chi connectivity index (χ0v) is 28.2. The summed E-state index contributed by atoms with van der Waals surface area (Å²) in [5.74, 6) is 0. The van der Waals surface area contributed by atoms with E-state index in [2.05, 4.69) is 34.9 Å². The topological polar surface area (TPSA) is 111 Å². The number of aliphatic hydroxyl groups is 1. The van der Waals surface area contributed by atoms with Crippen molar-refractivity contribution in [3.05, 3.63) is 12.2 Å². The summed E-state index contributed by atoms with van der Waals surface area (Å²) >= 11 is 0. The van der Waals surface area contributed by atoms with Gasteiger partial charge in [0.1, 0.15) is 6.54 Å². The zero-order valence-electron chi connectivity index (χ0n) is 27.3. The molecular formula is C31H66N2O6P+. The second-order valence-corrected chi connectivity index (χ2v) is 15.3. The minimum absolute atomic E-state index is 0.0438. The number of allylic oxidation sites excluding steroid dienone is 1. The molecule has 0 bridgehead atoms. The van der Waals surface area contributed by atoms with Gasteiger partial charge in [-0.25, -0.2) is 4.57 Å². The largest absolute Gasteiger partial charge is 0.472 e. The van der Waals surface area contributed by atoms with Gasteiger partial charge < -0.3 is 25.0 Å². The number of unbranched alkanes of at least 4 members (excludes halogenated alkanes) is 12. The van der Waals surface area contributed by atoms with E-state index in [0.29, 0.717) is 0 Å². The molecule has 0 rings (SSSR count). The Morgan fingerprint density at radius 1 is 0.800 bits per heavy atom. The lowest BCUT2D eigenvalue weighted by atomic mass is 10.0. The van der Waals surface area contributed by atoms with Crippen LogP contribution < -0.4 is 5.73 Å². The van der Waals surface area contributed by atoms with E-state index in [-0.39, 0.29) is 12.2 Å². The van der Waals surface area contributed by atoms with E-state index in [0.717, 1.165) is 30.5 Å². The predicted octanol–water partition coefficient (Wildman–Crippen LogP) is 7.13. The van der Waals surface area contributed by atoms with E-state index in [4.69, 9.17) is 19.5 Å². The standard InChI is InChI=1S/C31H65N2O6P/c1-30(2,3)37-26-25-33(7,8)24-22-20-18-16-14-12-10-9-11-13-15-17-19-21-23-29(34)28(32)27-38-40(35,36)39-31(4,5)6/h21,23,28-29,34H,9-20,22,24-27,32H2,1-8H3/p+1/b23-21+/t28-,29+/m1/s1. The van der Waals surface area contributed by atoms with Crippen molar-refractivity contribution in [2.24, 2.45) is 5.73 Å². The first-order valence-corrected chi connectivity index (χ1v) is 17.2. The number of hydrogen-bond donors (Lipinski definition) is 3. The van der Waals surface area contributed by atoms with Crippen LogP contribution in [0.1, 0.15) is 125 Å². The molecule has 0 saturated heterocycles. The first-order chi connectivity index (χ1) is 18.4. The molecule has 40 heavy (non-hydrogen) atoms. The summed E-state index contributed by atoms with van der Waals surface area (Å²) < 4.78 is 28.7. The molecule has 0 fully saturated rings. The molecule has 0 aliphatic carbocycles. The normalized spacial score (nSPS) is 16.4. The van der Waals surface area contributed by atoms with E-state index in [1.807, 2.05) is 6.08 Å². The summed E-state index contributed by atoms with van der Waals surface area (Å²) in [7, 11) is 0.422. The van der Waals surface area contributed by atoms with E-state index in [9.17, 15) is 14.6 Å². The minimum Gasteiger partial charge on any atom is -0.387 e. The van der Waals surface area contributed by atoms with Crippen LogP contribution in [0.3, 0.4) is 0 Å². The van der Waals surface area contributed by atoms with Gasteiger partial charge in [0.15, 0.2) is 0 Å². The van der Waals surface area contributed by atoms with Crippen LogP contribution >= 0.6 is 7.82 Å². The molecular weight excluding hydrogens is 527 g/mol. The number of nitrogens with two attached hydrogens (primary N) is 1. The lowest BCUT2D eigenvalue weighted by molar-refractivity contribution is -0.891. The van der Waals surface area contributed by atoms with Gasteiger partial charge in [0.05, 0.1) is 57.2 Å². The number of aliphatic hydroxyl groups excluding tert-OH is 1. The van der Waals surface area contributed by atoms with Crippen molar-refractivity contribution in [1.82, 2.24) is 0 Å². The first-order valence-electron chi connectivity index (χ1n) is 15.7. The summed E-state index contributed by atoms with van der Waals surface area (Å²) in [6.07, 6.45) is 19.1. The fourth-order valence-corrected chi connectivity index (χ4v) is 5.42. The second-order valence-electron chi connectivity index (χ2n) is 13.9. The Morgan fingerprint density at radius 3 is 1.75 bits per heavy atom. The first kappa shape index (κ1) is 39.7. The van der Waals surface area contributed by atoms with Crippen LogP contribution in [0.5, 0.6) is 0 Å². The highest BCUT2D eigenvalue weighted by Crippen LogP contribution is 2.47. The SMILES string of the molecule is CC(C)(C)OCC[N+](C)(C)CCCCCCCCCCCCCC/C=C/[C@H](O)[C@H](N)COP(=O)(O)OC(C)(C)C. The lowest BCUT2D eigenvalue weighted by Gasteiger charge is -2.31. The van der Waals surface area contributed by atoms with Crippen LogP contribution in [0.4, 0.5) is 0 Å². The quantitative estimate of drug-likeness (QED) is 0.0473. The van der Waals surface area contributed by atoms with Crippen molar-refractivity contribution < 1.29 is 32.8 Å². The highest BCUT2D eigenvalue weighted by atomic mass is 31.2. The van der Waals surface area contributed by atoms with Crippen LogP contribution in [-0.2, 0) is 18.3 Å². The maximum absolute atomic E-state index is 11.9. The third-order valence-electron chi connectivity index (χ3n) is 6.71. The minimum atomic E-state index is -4.20. The number of rotatable bonds is 24. The molecule has 0 aromatic carbocycles. The number of phosphoric ester groups is 1. The molecule has 0 aliphatic heterocycles. The van der Waals surface area contributed by atoms with Crippen molar-refractivity contribution in [1.29, 1.82) is 0 Å². The molecule has 1 unspecified atom stereocenters. The summed E-state index contributed by atoms with van der Waals surface area (Å²) in [5, 5.41) is 10.1. The third kappa shape index (κ3) is 26.6. The molecule has 4 N–H and O–H groups in total. The van der Waals surface area contributed by atoms with Gasteiger partial charge in [-0.1, -0.05) is 69.9 Å². The summed E-state index contributed by atoms with van der Waals surface area (Å²) in [5.41, 5.74) is 5.01. The van der Waals surface area contributed by atoms with Crippen molar-refractivity contribution in [2.45, 2.75) is 148 Å². The average Bonchev–Trinajstić information content (AvgIpc) is 2.79. The van der Waals surface area contributed by atoms with Gasteiger partial charge in [0, 0.05) is 0 Å². The molecule has 9 heteroatoms. The van der Waals surface area contributed by atoms with Crippen LogP contribution in [0, 0.1) is 0 Å². The van der Waals surface area contributed by atoms with Gasteiger partial charge in [-0.15, -0.1) is 0 Å². The van der Waals surface area contributed by atoms with Crippen LogP contribution in [0.2, 0.25) is 0 Å². The van der Waals surface area contributed by atoms with Crippen molar-refractivity contribution >= 4 is 7.82 Å². The second kappa shape index (κ2) is 20.6. The van der Waals surface area contributed by atoms with Crippen LogP contribution in [0.25, 0.3) is 0 Å². The van der Waals surface area contributed by atoms with E-state index in [1.165, 1.54) is 77.2 Å². The average molecular weight is 594 g/mol. The third-order valence-corrected chi connectivity index (χ3v) is 7.96. The molecule has 0 saturated carbocycles. The Bertz CT molecular complexity index is 703. The van der Waals surface area contributed by atoms with Crippen molar-refractivity contribution in [3.63, 3.8) is 0 Å². The number of ether oxygens (including phenoxy) is 1. The number of likely N-dealkylation sites (N-methyl/N-ethyl adjacent to an activating group) is 1. The summed E-state index contributed by atoms with van der Waals surface area (Å²) in [4.78, 5) is 9.71. The van der Waals surface area contributed by atoms with Crippen molar-refractivity contribution in [3.8, 4) is 0 Å². The van der Waals surface area contributed by atoms with E-state index >= 15 is 0 Å². The van der Waals surface area contributed by atoms with Crippen molar-refractivity contribution in [2.75, 3.05) is 40.4 Å². The van der Waals surface area contributed by atoms with Gasteiger partial charge >= 0.3 is 7.82 Å². The Labute approximate surface area is 247 Å². The van der Waals surface area contributed by atoms with Gasteiger partial charge in [-0.3, -0.25) is 9.05 Å². The lowest BCUT2D eigenvalue weighted by Crippen LogP contribution is -2.43. The maximum Gasteiger partial charge on any atom is 0.472 e. The fourth-order valence-electron chi connectivity index (χ4n) is 4.31. The van der Waals surface area contributed by atoms with E-state index in [1.54, 1.807) is 26.8 Å². The maximum atomic E-state index is 11.9. The van der Waals surface area contributed by atoms with Crippen LogP contribution in [0.15, 0.2) is 12.2 Å². The molecule has 240 valence electrons. The Kier molecular flexibility index (Phi) is 20.4. The Hall–Kier alpha value is -0.310. The molecule has 0 aliphatic rings. The molecule has 0 aromatic rings. The van der Waals surface area contributed by atoms with E-state index < -0.39 is 25.6 Å². The Morgan fingerprint density at radius 2 is 1.27 bits per heavy atom. The predicted molar refractivity (Wildman–Crippen MR) is 167 cm³/mol. The highest BCUT2D eigenvalue weighted by molar-refractivity contribution is 7.47. The molecule has 0 radical (unpaired) electrons. The van der Waals surface area contributed by atoms with Crippen LogP contribution in [-0.4, -0.2) is 78.2 Å². The number of hydrogen-bond acceptors (Lipinski definition) is 6. The van der Waals surface area contributed by atoms with Gasteiger partial charge in [0.25, 0.3) is 0 Å². The number of quaternary nitrogens is 1. The molecule has 8 nitrogen and oxygen atoms in total. The summed E-state index contributed by atoms with van der Waals surface area (Å²) in [6, 6.07) is -0.796. The molecule has 0 spiro atoms. The van der Waals surface area contributed by atoms with Gasteiger partial charge in [-0.2, -0.15) is 0 Å². The van der Waals surface area contributed by atoms with Gasteiger partial charge in [-0.05, 0) is 67.2 Å².